The number of oxime groups is 1. The van der Waals surface area contributed by atoms with Gasteiger partial charge in [-0.15, -0.1) is 0 Å². The van der Waals surface area contributed by atoms with Crippen LogP contribution in [0.2, 0.25) is 0 Å². The van der Waals surface area contributed by atoms with E-state index in [1.807, 2.05) is 0 Å². The van der Waals surface area contributed by atoms with E-state index in [1.54, 1.807) is 24.4 Å². The molecule has 0 fully saturated rings. The molecule has 0 radical (unpaired) electrons. The number of benzene rings is 1. The Kier molecular flexibility index (Phi) is 3.73. The van der Waals surface area contributed by atoms with Crippen LogP contribution in [0.3, 0.4) is 0 Å². The van der Waals surface area contributed by atoms with Gasteiger partial charge in [0.15, 0.2) is 5.84 Å². The molecule has 5 nitrogen and oxygen atoms in total. The lowest BCUT2D eigenvalue weighted by atomic mass is 10.2. The molecule has 0 atom stereocenters. The summed E-state index contributed by atoms with van der Waals surface area (Å²) in [5.74, 6) is -0.825. The van der Waals surface area contributed by atoms with Gasteiger partial charge in [0.05, 0.1) is 5.56 Å². The van der Waals surface area contributed by atoms with Crippen LogP contribution in [0.5, 0.6) is 0 Å². The Hall–Kier alpha value is -2.15. The maximum atomic E-state index is 13.7. The molecule has 0 aliphatic rings. The van der Waals surface area contributed by atoms with Crippen molar-refractivity contribution in [3.63, 3.8) is 0 Å². The Labute approximate surface area is 107 Å². The molecule has 1 aromatic carbocycles. The SMILES string of the molecule is NC(=NO)c1c(F)cccc1Sc1ccncn1. The van der Waals surface area contributed by atoms with Crippen LogP contribution < -0.4 is 5.73 Å². The number of aromatic nitrogens is 2. The first-order valence-electron chi connectivity index (χ1n) is 4.92. The first-order valence-corrected chi connectivity index (χ1v) is 5.74. The third-order valence-corrected chi connectivity index (χ3v) is 3.12. The molecular weight excluding hydrogens is 255 g/mol. The summed E-state index contributed by atoms with van der Waals surface area (Å²) in [5, 5.41) is 12.1. The third-order valence-electron chi connectivity index (χ3n) is 2.11. The van der Waals surface area contributed by atoms with E-state index in [0.29, 0.717) is 9.92 Å². The van der Waals surface area contributed by atoms with E-state index >= 15 is 0 Å². The fourth-order valence-corrected chi connectivity index (χ4v) is 2.24. The standard InChI is InChI=1S/C11H9FN4OS/c12-7-2-1-3-8(10(7)11(13)16-17)18-9-4-5-14-6-15-9/h1-6,17H,(H2,13,16). The van der Waals surface area contributed by atoms with Gasteiger partial charge in [0.25, 0.3) is 0 Å². The topological polar surface area (TPSA) is 84.4 Å². The first-order chi connectivity index (χ1) is 8.72. The molecule has 2 aromatic rings. The molecule has 0 aliphatic heterocycles. The van der Waals surface area contributed by atoms with Crippen molar-refractivity contribution in [1.29, 1.82) is 0 Å². The molecule has 1 heterocycles. The Balaban J connectivity index is 2.42. The summed E-state index contributed by atoms with van der Waals surface area (Å²) in [5.41, 5.74) is 5.52. The summed E-state index contributed by atoms with van der Waals surface area (Å²) in [6.45, 7) is 0. The van der Waals surface area contributed by atoms with Crippen LogP contribution in [0.4, 0.5) is 4.39 Å². The van der Waals surface area contributed by atoms with Crippen molar-refractivity contribution in [1.82, 2.24) is 9.97 Å². The summed E-state index contributed by atoms with van der Waals surface area (Å²) in [7, 11) is 0. The van der Waals surface area contributed by atoms with E-state index in [4.69, 9.17) is 10.9 Å². The monoisotopic (exact) mass is 264 g/mol. The second-order valence-corrected chi connectivity index (χ2v) is 4.31. The van der Waals surface area contributed by atoms with Crippen molar-refractivity contribution < 1.29 is 9.60 Å². The van der Waals surface area contributed by atoms with Gasteiger partial charge in [0.1, 0.15) is 17.2 Å². The zero-order valence-corrected chi connectivity index (χ0v) is 9.93. The summed E-state index contributed by atoms with van der Waals surface area (Å²) >= 11 is 1.21. The first kappa shape index (κ1) is 12.3. The van der Waals surface area contributed by atoms with Crippen molar-refractivity contribution in [2.75, 3.05) is 0 Å². The molecule has 0 bridgehead atoms. The molecule has 0 unspecified atom stereocenters. The average Bonchev–Trinajstić information content (AvgIpc) is 2.39. The molecule has 3 N–H and O–H groups in total. The van der Waals surface area contributed by atoms with Gasteiger partial charge in [0.2, 0.25) is 0 Å². The highest BCUT2D eigenvalue weighted by Gasteiger charge is 2.14. The largest absolute Gasteiger partial charge is 0.409 e. The molecule has 7 heteroatoms. The fourth-order valence-electron chi connectivity index (χ4n) is 1.34. The number of hydrogen-bond acceptors (Lipinski definition) is 5. The third kappa shape index (κ3) is 2.57. The number of halogens is 1. The van der Waals surface area contributed by atoms with Gasteiger partial charge in [-0.1, -0.05) is 23.0 Å². The molecule has 0 saturated heterocycles. The number of nitrogens with zero attached hydrogens (tertiary/aromatic N) is 3. The van der Waals surface area contributed by atoms with Gasteiger partial charge >= 0.3 is 0 Å². The number of hydrogen-bond donors (Lipinski definition) is 2. The van der Waals surface area contributed by atoms with Gasteiger partial charge in [-0.3, -0.25) is 0 Å². The lowest BCUT2D eigenvalue weighted by Crippen LogP contribution is -2.16. The van der Waals surface area contributed by atoms with Crippen LogP contribution >= 0.6 is 11.8 Å². The molecule has 0 saturated carbocycles. The summed E-state index contributed by atoms with van der Waals surface area (Å²) < 4.78 is 13.7. The minimum Gasteiger partial charge on any atom is -0.409 e. The molecular formula is C11H9FN4OS. The van der Waals surface area contributed by atoms with Crippen LogP contribution in [-0.4, -0.2) is 21.0 Å². The molecule has 2 rings (SSSR count). The lowest BCUT2D eigenvalue weighted by Gasteiger charge is -2.08. The number of amidine groups is 1. The summed E-state index contributed by atoms with van der Waals surface area (Å²) in [6, 6.07) is 6.15. The van der Waals surface area contributed by atoms with E-state index in [0.717, 1.165) is 0 Å². The van der Waals surface area contributed by atoms with E-state index in [-0.39, 0.29) is 11.4 Å². The van der Waals surface area contributed by atoms with Crippen LogP contribution in [0.25, 0.3) is 0 Å². The van der Waals surface area contributed by atoms with E-state index < -0.39 is 5.82 Å². The Bertz CT molecular complexity index is 577. The van der Waals surface area contributed by atoms with E-state index in [2.05, 4.69) is 15.1 Å². The predicted octanol–water partition coefficient (Wildman–Crippen LogP) is 1.86. The van der Waals surface area contributed by atoms with Crippen LogP contribution in [0.1, 0.15) is 5.56 Å². The van der Waals surface area contributed by atoms with Crippen molar-refractivity contribution in [3.8, 4) is 0 Å². The Morgan fingerprint density at radius 1 is 1.39 bits per heavy atom. The van der Waals surface area contributed by atoms with Crippen LogP contribution in [0.15, 0.2) is 51.9 Å². The predicted molar refractivity (Wildman–Crippen MR) is 65.1 cm³/mol. The normalized spacial score (nSPS) is 11.5. The smallest absolute Gasteiger partial charge is 0.174 e. The molecule has 0 amide bonds. The zero-order chi connectivity index (χ0) is 13.0. The van der Waals surface area contributed by atoms with E-state index in [9.17, 15) is 4.39 Å². The van der Waals surface area contributed by atoms with E-state index in [1.165, 1.54) is 24.2 Å². The van der Waals surface area contributed by atoms with Crippen LogP contribution in [-0.2, 0) is 0 Å². The minimum atomic E-state index is -0.552. The quantitative estimate of drug-likeness (QED) is 0.290. The maximum absolute atomic E-state index is 13.7. The second-order valence-electron chi connectivity index (χ2n) is 3.25. The molecule has 0 spiro atoms. The highest BCUT2D eigenvalue weighted by Crippen LogP contribution is 2.29. The van der Waals surface area contributed by atoms with Crippen molar-refractivity contribution in [2.24, 2.45) is 10.9 Å². The lowest BCUT2D eigenvalue weighted by molar-refractivity contribution is 0.318. The van der Waals surface area contributed by atoms with Gasteiger partial charge in [-0.25, -0.2) is 14.4 Å². The maximum Gasteiger partial charge on any atom is 0.174 e. The van der Waals surface area contributed by atoms with Gasteiger partial charge in [-0.2, -0.15) is 0 Å². The molecule has 1 aromatic heterocycles. The summed E-state index contributed by atoms with van der Waals surface area (Å²) in [4.78, 5) is 8.33. The van der Waals surface area contributed by atoms with Crippen LogP contribution in [0, 0.1) is 5.82 Å². The Morgan fingerprint density at radius 3 is 2.89 bits per heavy atom. The highest BCUT2D eigenvalue weighted by atomic mass is 32.2. The number of rotatable bonds is 3. The fraction of sp³-hybridized carbons (Fsp3) is 0. The molecule has 92 valence electrons. The van der Waals surface area contributed by atoms with Gasteiger partial charge < -0.3 is 10.9 Å². The highest BCUT2D eigenvalue weighted by molar-refractivity contribution is 7.99. The van der Waals surface area contributed by atoms with Crippen molar-refractivity contribution >= 4 is 17.6 Å². The van der Waals surface area contributed by atoms with Crippen molar-refractivity contribution in [2.45, 2.75) is 9.92 Å². The minimum absolute atomic E-state index is 0.0589. The van der Waals surface area contributed by atoms with Gasteiger partial charge in [0, 0.05) is 11.1 Å². The number of nitrogens with two attached hydrogens (primary N) is 1. The molecule has 18 heavy (non-hydrogen) atoms. The summed E-state index contributed by atoms with van der Waals surface area (Å²) in [6.07, 6.45) is 2.97. The Morgan fingerprint density at radius 2 is 2.22 bits per heavy atom. The molecule has 0 aliphatic carbocycles. The average molecular weight is 264 g/mol. The zero-order valence-electron chi connectivity index (χ0n) is 9.12. The second kappa shape index (κ2) is 5.46. The van der Waals surface area contributed by atoms with Gasteiger partial charge in [-0.05, 0) is 18.2 Å². The van der Waals surface area contributed by atoms with Crippen molar-refractivity contribution in [3.05, 3.63) is 48.2 Å².